The van der Waals surface area contributed by atoms with Crippen molar-refractivity contribution in [3.8, 4) is 0 Å². The lowest BCUT2D eigenvalue weighted by Crippen LogP contribution is -2.41. The lowest BCUT2D eigenvalue weighted by Gasteiger charge is -2.26. The van der Waals surface area contributed by atoms with E-state index in [-0.39, 0.29) is 5.78 Å². The van der Waals surface area contributed by atoms with E-state index in [4.69, 9.17) is 11.6 Å². The predicted molar refractivity (Wildman–Crippen MR) is 68.8 cm³/mol. The summed E-state index contributed by atoms with van der Waals surface area (Å²) in [6.45, 7) is 3.15. The number of hydrogen-bond donors (Lipinski definition) is 0. The molecule has 0 radical (unpaired) electrons. The highest BCUT2D eigenvalue weighted by atomic mass is 35.5. The minimum atomic E-state index is -1.14. The van der Waals surface area contributed by atoms with Gasteiger partial charge in [0, 0.05) is 23.3 Å². The highest BCUT2D eigenvalue weighted by molar-refractivity contribution is 6.18. The monoisotopic (exact) mass is 267 g/mol. The molecular formula is C14H16ClO3-. The van der Waals surface area contributed by atoms with Crippen LogP contribution in [0.15, 0.2) is 24.3 Å². The van der Waals surface area contributed by atoms with E-state index in [1.54, 1.807) is 38.1 Å². The molecular weight excluding hydrogens is 252 g/mol. The molecule has 0 aliphatic heterocycles. The van der Waals surface area contributed by atoms with Gasteiger partial charge >= 0.3 is 0 Å². The number of carbonyl (C=O) groups is 2. The van der Waals surface area contributed by atoms with Gasteiger partial charge in [0.2, 0.25) is 0 Å². The molecule has 0 atom stereocenters. The lowest BCUT2D eigenvalue weighted by molar-refractivity contribution is -0.312. The molecule has 0 aliphatic rings. The summed E-state index contributed by atoms with van der Waals surface area (Å²) in [5, 5.41) is 11.0. The number of benzene rings is 1. The van der Waals surface area contributed by atoms with Crippen molar-refractivity contribution < 1.29 is 14.7 Å². The molecule has 4 heteroatoms. The number of carbonyl (C=O) groups excluding carboxylic acids is 2. The Kier molecular flexibility index (Phi) is 4.91. The number of Topliss-reactive ketones (excluding diaryl/α,β-unsaturated/α-hetero) is 1. The van der Waals surface area contributed by atoms with Crippen LogP contribution in [0, 0.1) is 0 Å². The van der Waals surface area contributed by atoms with Crippen molar-refractivity contribution in [2.24, 2.45) is 0 Å². The number of carboxylic acids is 1. The minimum absolute atomic E-state index is 0.0217. The van der Waals surface area contributed by atoms with Crippen LogP contribution >= 0.6 is 11.6 Å². The fourth-order valence-electron chi connectivity index (χ4n) is 1.56. The molecule has 0 fully saturated rings. The molecule has 3 nitrogen and oxygen atoms in total. The summed E-state index contributed by atoms with van der Waals surface area (Å²) in [6.07, 6.45) is 1.05. The van der Waals surface area contributed by atoms with Crippen molar-refractivity contribution in [3.05, 3.63) is 35.4 Å². The van der Waals surface area contributed by atoms with Gasteiger partial charge in [-0.1, -0.05) is 38.1 Å². The Morgan fingerprint density at radius 2 is 1.78 bits per heavy atom. The van der Waals surface area contributed by atoms with Crippen LogP contribution < -0.4 is 5.11 Å². The molecule has 0 saturated heterocycles. The Morgan fingerprint density at radius 3 is 2.22 bits per heavy atom. The van der Waals surface area contributed by atoms with E-state index in [2.05, 4.69) is 0 Å². The summed E-state index contributed by atoms with van der Waals surface area (Å²) in [5.41, 5.74) is 0.145. The van der Waals surface area contributed by atoms with E-state index in [0.717, 1.165) is 0 Å². The average molecular weight is 268 g/mol. The SMILES string of the molecule is CC(C)(C(=O)[O-])c1ccc(C(=O)CCCCl)cc1. The Balaban J connectivity index is 2.86. The normalized spacial score (nSPS) is 11.3. The summed E-state index contributed by atoms with van der Waals surface area (Å²) < 4.78 is 0. The van der Waals surface area contributed by atoms with Gasteiger partial charge in [-0.05, 0) is 12.0 Å². The van der Waals surface area contributed by atoms with Gasteiger partial charge in [0.15, 0.2) is 5.78 Å². The number of rotatable bonds is 6. The molecule has 18 heavy (non-hydrogen) atoms. The largest absolute Gasteiger partial charge is 0.549 e. The van der Waals surface area contributed by atoms with Gasteiger partial charge in [0.25, 0.3) is 0 Å². The zero-order chi connectivity index (χ0) is 13.8. The van der Waals surface area contributed by atoms with Crippen molar-refractivity contribution in [3.63, 3.8) is 0 Å². The summed E-state index contributed by atoms with van der Waals surface area (Å²) in [4.78, 5) is 22.7. The first-order chi connectivity index (χ1) is 8.39. The molecule has 0 bridgehead atoms. The van der Waals surface area contributed by atoms with Crippen molar-refractivity contribution in [1.82, 2.24) is 0 Å². The summed E-state index contributed by atoms with van der Waals surface area (Å²) in [7, 11) is 0. The topological polar surface area (TPSA) is 57.2 Å². The van der Waals surface area contributed by atoms with Gasteiger partial charge in [0.1, 0.15) is 0 Å². The van der Waals surface area contributed by atoms with Gasteiger partial charge in [-0.25, -0.2) is 0 Å². The van der Waals surface area contributed by atoms with Crippen LogP contribution in [0.3, 0.4) is 0 Å². The van der Waals surface area contributed by atoms with Crippen LogP contribution in [0.2, 0.25) is 0 Å². The first-order valence-electron chi connectivity index (χ1n) is 5.80. The molecule has 0 aliphatic carbocycles. The number of halogens is 1. The number of aliphatic carboxylic acids is 1. The number of ketones is 1. The Labute approximate surface area is 112 Å². The number of alkyl halides is 1. The third-order valence-corrected chi connectivity index (χ3v) is 3.24. The van der Waals surface area contributed by atoms with E-state index >= 15 is 0 Å². The molecule has 0 heterocycles. The van der Waals surface area contributed by atoms with E-state index in [1.807, 2.05) is 0 Å². The van der Waals surface area contributed by atoms with Gasteiger partial charge in [-0.3, -0.25) is 4.79 Å². The maximum absolute atomic E-state index is 11.7. The number of carboxylic acid groups (broad SMARTS) is 1. The zero-order valence-corrected chi connectivity index (χ0v) is 11.3. The van der Waals surface area contributed by atoms with Crippen LogP contribution in [0.4, 0.5) is 0 Å². The smallest absolute Gasteiger partial charge is 0.162 e. The predicted octanol–water partition coefficient (Wildman–Crippen LogP) is 1.92. The average Bonchev–Trinajstić information content (AvgIpc) is 2.35. The molecule has 0 saturated carbocycles. The second-order valence-corrected chi connectivity index (χ2v) is 5.08. The van der Waals surface area contributed by atoms with Gasteiger partial charge < -0.3 is 9.90 Å². The lowest BCUT2D eigenvalue weighted by atomic mass is 9.84. The van der Waals surface area contributed by atoms with E-state index in [0.29, 0.717) is 29.8 Å². The second kappa shape index (κ2) is 6.01. The third-order valence-electron chi connectivity index (χ3n) is 2.98. The fraction of sp³-hybridized carbons (Fsp3) is 0.429. The molecule has 1 rings (SSSR count). The van der Waals surface area contributed by atoms with Gasteiger partial charge in [0.05, 0.1) is 5.97 Å². The Hall–Kier alpha value is -1.35. The van der Waals surface area contributed by atoms with E-state index in [1.165, 1.54) is 0 Å². The molecule has 0 N–H and O–H groups in total. The first kappa shape index (κ1) is 14.7. The van der Waals surface area contributed by atoms with Crippen molar-refractivity contribution in [1.29, 1.82) is 0 Å². The number of hydrogen-bond acceptors (Lipinski definition) is 3. The molecule has 0 unspecified atom stereocenters. The van der Waals surface area contributed by atoms with E-state index < -0.39 is 11.4 Å². The summed E-state index contributed by atoms with van der Waals surface area (Å²) >= 11 is 5.53. The highest BCUT2D eigenvalue weighted by Gasteiger charge is 2.22. The van der Waals surface area contributed by atoms with Crippen LogP contribution in [-0.4, -0.2) is 17.6 Å². The minimum Gasteiger partial charge on any atom is -0.549 e. The van der Waals surface area contributed by atoms with E-state index in [9.17, 15) is 14.7 Å². The quantitative estimate of drug-likeness (QED) is 0.584. The first-order valence-corrected chi connectivity index (χ1v) is 6.34. The second-order valence-electron chi connectivity index (χ2n) is 4.71. The molecule has 0 amide bonds. The molecule has 98 valence electrons. The molecule has 1 aromatic rings. The zero-order valence-electron chi connectivity index (χ0n) is 10.5. The summed E-state index contributed by atoms with van der Waals surface area (Å²) in [6, 6.07) is 6.61. The maximum Gasteiger partial charge on any atom is 0.162 e. The van der Waals surface area contributed by atoms with Crippen molar-refractivity contribution in [2.75, 3.05) is 5.88 Å². The summed E-state index contributed by atoms with van der Waals surface area (Å²) in [5.74, 6) is -0.654. The van der Waals surface area contributed by atoms with Crippen LogP contribution in [0.25, 0.3) is 0 Å². The van der Waals surface area contributed by atoms with Crippen LogP contribution in [0.5, 0.6) is 0 Å². The molecule has 0 aromatic heterocycles. The standard InChI is InChI=1S/C14H17ClO3/c1-14(2,13(17)18)11-7-5-10(6-8-11)12(16)4-3-9-15/h5-8H,3-4,9H2,1-2H3,(H,17,18)/p-1. The highest BCUT2D eigenvalue weighted by Crippen LogP contribution is 2.23. The van der Waals surface area contributed by atoms with Gasteiger partial charge in [-0.15, -0.1) is 11.6 Å². The third kappa shape index (κ3) is 3.33. The Bertz CT molecular complexity index is 435. The van der Waals surface area contributed by atoms with Crippen molar-refractivity contribution >= 4 is 23.4 Å². The van der Waals surface area contributed by atoms with Crippen molar-refractivity contribution in [2.45, 2.75) is 32.1 Å². The molecule has 1 aromatic carbocycles. The molecule has 0 spiro atoms. The van der Waals surface area contributed by atoms with Crippen LogP contribution in [-0.2, 0) is 10.2 Å². The Morgan fingerprint density at radius 1 is 1.22 bits per heavy atom. The maximum atomic E-state index is 11.7. The van der Waals surface area contributed by atoms with Gasteiger partial charge in [-0.2, -0.15) is 0 Å². The van der Waals surface area contributed by atoms with Crippen LogP contribution in [0.1, 0.15) is 42.6 Å². The fourth-order valence-corrected chi connectivity index (χ4v) is 1.70.